The third kappa shape index (κ3) is 2.19. The second-order valence-corrected chi connectivity index (χ2v) is 9.03. The van der Waals surface area contributed by atoms with E-state index < -0.39 is 0 Å². The first-order chi connectivity index (χ1) is 11.7. The van der Waals surface area contributed by atoms with Crippen LogP contribution in [0.25, 0.3) is 17.2 Å². The molecule has 1 unspecified atom stereocenters. The Bertz CT molecular complexity index is 976. The molecule has 0 saturated heterocycles. The molecule has 1 aliphatic heterocycles. The summed E-state index contributed by atoms with van der Waals surface area (Å²) in [6.07, 6.45) is 11.4. The highest BCUT2D eigenvalue weighted by molar-refractivity contribution is 9.10. The van der Waals surface area contributed by atoms with Gasteiger partial charge >= 0.3 is 0 Å². The minimum atomic E-state index is 0.0740. The van der Waals surface area contributed by atoms with Crippen LogP contribution in [0.3, 0.4) is 0 Å². The summed E-state index contributed by atoms with van der Waals surface area (Å²) in [7, 11) is 2.21. The Morgan fingerprint density at radius 3 is 2.40 bits per heavy atom. The van der Waals surface area contributed by atoms with Crippen LogP contribution in [-0.2, 0) is 0 Å². The van der Waals surface area contributed by atoms with E-state index in [1.165, 1.54) is 42.9 Å². The maximum absolute atomic E-state index is 3.95. The third-order valence-corrected chi connectivity index (χ3v) is 7.34. The van der Waals surface area contributed by atoms with Gasteiger partial charge in [-0.2, -0.15) is 0 Å². The zero-order chi connectivity index (χ0) is 18.1. The van der Waals surface area contributed by atoms with E-state index >= 15 is 0 Å². The summed E-state index contributed by atoms with van der Waals surface area (Å²) < 4.78 is 1.26. The molecule has 3 aliphatic rings. The second kappa shape index (κ2) is 5.48. The Morgan fingerprint density at radius 1 is 1.12 bits per heavy atom. The number of allylic oxidation sites excluding steroid dienone is 5. The highest BCUT2D eigenvalue weighted by Gasteiger charge is 2.35. The maximum atomic E-state index is 3.95. The molecule has 0 spiro atoms. The van der Waals surface area contributed by atoms with Crippen molar-refractivity contribution in [3.05, 3.63) is 56.4 Å². The van der Waals surface area contributed by atoms with Crippen LogP contribution in [0.2, 0.25) is 0 Å². The molecule has 0 fully saturated rings. The lowest BCUT2D eigenvalue weighted by Crippen LogP contribution is -2.29. The summed E-state index contributed by atoms with van der Waals surface area (Å²) in [6, 6.07) is 2.88. The fraction of sp³-hybridized carbons (Fsp3) is 0.391. The number of fused-ring (bicyclic) bond motifs is 2. The lowest BCUT2D eigenvalue weighted by Gasteiger charge is -2.32. The smallest absolute Gasteiger partial charge is 0.0478 e. The van der Waals surface area contributed by atoms with Crippen molar-refractivity contribution in [3.8, 4) is 0 Å². The van der Waals surface area contributed by atoms with Crippen LogP contribution in [0.5, 0.6) is 0 Å². The normalized spacial score (nSPS) is 22.1. The molecule has 0 aromatic heterocycles. The summed E-state index contributed by atoms with van der Waals surface area (Å²) in [5.74, 6) is 0.453. The number of rotatable bonds is 2. The first-order valence-electron chi connectivity index (χ1n) is 9.09. The fourth-order valence-electron chi connectivity index (χ4n) is 4.80. The zero-order valence-corrected chi connectivity index (χ0v) is 17.5. The molecule has 0 radical (unpaired) electrons. The van der Waals surface area contributed by atoms with E-state index in [1.807, 2.05) is 0 Å². The first-order valence-corrected chi connectivity index (χ1v) is 9.89. The molecular weight excluding hydrogens is 370 g/mol. The van der Waals surface area contributed by atoms with Gasteiger partial charge in [-0.1, -0.05) is 38.2 Å². The van der Waals surface area contributed by atoms with Crippen molar-refractivity contribution in [2.45, 2.75) is 40.7 Å². The number of halogens is 1. The maximum Gasteiger partial charge on any atom is 0.0478 e. The molecule has 1 heterocycles. The summed E-state index contributed by atoms with van der Waals surface area (Å²) in [4.78, 5) is 2.41. The lowest BCUT2D eigenvalue weighted by molar-refractivity contribution is 0.422. The highest BCUT2D eigenvalue weighted by atomic mass is 79.9. The number of hydrogen-bond donors (Lipinski definition) is 0. The fourth-order valence-corrected chi connectivity index (χ4v) is 5.64. The van der Waals surface area contributed by atoms with Gasteiger partial charge in [0.25, 0.3) is 0 Å². The summed E-state index contributed by atoms with van der Waals surface area (Å²) in [5, 5.41) is 2.79. The van der Waals surface area contributed by atoms with E-state index in [1.54, 1.807) is 0 Å². The van der Waals surface area contributed by atoms with Crippen LogP contribution in [0.1, 0.15) is 40.2 Å². The molecule has 2 aliphatic carbocycles. The van der Waals surface area contributed by atoms with Crippen molar-refractivity contribution in [1.82, 2.24) is 0 Å². The van der Waals surface area contributed by atoms with Gasteiger partial charge in [0.1, 0.15) is 0 Å². The molecule has 1 atom stereocenters. The molecule has 130 valence electrons. The van der Waals surface area contributed by atoms with E-state index in [-0.39, 0.29) is 5.41 Å². The monoisotopic (exact) mass is 395 g/mol. The number of benzene rings is 1. The van der Waals surface area contributed by atoms with Crippen LogP contribution >= 0.6 is 15.9 Å². The average molecular weight is 396 g/mol. The molecule has 4 rings (SSSR count). The Hall–Kier alpha value is -1.54. The molecule has 1 aromatic carbocycles. The summed E-state index contributed by atoms with van der Waals surface area (Å²) in [5.41, 5.74) is 7.11. The van der Waals surface area contributed by atoms with Crippen LogP contribution in [0, 0.1) is 11.3 Å². The van der Waals surface area contributed by atoms with Crippen molar-refractivity contribution < 1.29 is 0 Å². The number of hydrogen-bond acceptors (Lipinski definition) is 1. The van der Waals surface area contributed by atoms with E-state index in [2.05, 4.69) is 98.9 Å². The average Bonchev–Trinajstić information content (AvgIpc) is 3.24. The van der Waals surface area contributed by atoms with E-state index in [9.17, 15) is 0 Å². The lowest BCUT2D eigenvalue weighted by atomic mass is 9.71. The minimum absolute atomic E-state index is 0.0740. The molecule has 0 saturated carbocycles. The van der Waals surface area contributed by atoms with Gasteiger partial charge in [-0.3, -0.25) is 0 Å². The zero-order valence-electron chi connectivity index (χ0n) is 15.9. The first kappa shape index (κ1) is 16.9. The standard InChI is InChI=1S/C23H26BrN/c1-13-11-18-17(21(13)23(4,5)16-9-7-8-10-16)12-19-20(22(18)24)14(2)15(3)25(19)6/h7-12,15-16H,1-6H3. The van der Waals surface area contributed by atoms with Gasteiger partial charge in [0.2, 0.25) is 0 Å². The molecule has 0 N–H and O–H groups in total. The van der Waals surface area contributed by atoms with E-state index in [0.717, 1.165) is 0 Å². The van der Waals surface area contributed by atoms with Crippen molar-refractivity contribution in [1.29, 1.82) is 0 Å². The molecule has 0 bridgehead atoms. The van der Waals surface area contributed by atoms with Crippen LogP contribution in [-0.4, -0.2) is 13.1 Å². The van der Waals surface area contributed by atoms with Gasteiger partial charge in [0.05, 0.1) is 0 Å². The van der Waals surface area contributed by atoms with Crippen LogP contribution < -0.4 is 15.3 Å². The van der Waals surface area contributed by atoms with Gasteiger partial charge in [-0.25, -0.2) is 0 Å². The molecule has 2 heteroatoms. The van der Waals surface area contributed by atoms with Gasteiger partial charge < -0.3 is 4.90 Å². The topological polar surface area (TPSA) is 3.24 Å². The van der Waals surface area contributed by atoms with Crippen molar-refractivity contribution in [2.24, 2.45) is 11.3 Å². The molecular formula is C23H26BrN. The van der Waals surface area contributed by atoms with Gasteiger partial charge in [-0.05, 0) is 76.3 Å². The Balaban J connectivity index is 2.05. The number of anilines is 1. The second-order valence-electron chi connectivity index (χ2n) is 8.24. The predicted molar refractivity (Wildman–Crippen MR) is 113 cm³/mol. The number of nitrogens with zero attached hydrogens (tertiary/aromatic N) is 1. The molecule has 0 amide bonds. The van der Waals surface area contributed by atoms with E-state index in [4.69, 9.17) is 0 Å². The van der Waals surface area contributed by atoms with Crippen molar-refractivity contribution in [2.75, 3.05) is 11.9 Å². The van der Waals surface area contributed by atoms with Gasteiger partial charge in [-0.15, -0.1) is 0 Å². The minimum Gasteiger partial charge on any atom is -0.368 e. The Labute approximate surface area is 159 Å². The largest absolute Gasteiger partial charge is 0.368 e. The predicted octanol–water partition coefficient (Wildman–Crippen LogP) is 4.79. The van der Waals surface area contributed by atoms with Crippen LogP contribution in [0.4, 0.5) is 5.69 Å². The van der Waals surface area contributed by atoms with Crippen molar-refractivity contribution in [3.63, 3.8) is 0 Å². The van der Waals surface area contributed by atoms with Gasteiger partial charge in [0, 0.05) is 39.8 Å². The molecule has 1 aromatic rings. The highest BCUT2D eigenvalue weighted by Crippen LogP contribution is 2.45. The van der Waals surface area contributed by atoms with E-state index in [0.29, 0.717) is 12.0 Å². The summed E-state index contributed by atoms with van der Waals surface area (Å²) >= 11 is 3.95. The van der Waals surface area contributed by atoms with Crippen molar-refractivity contribution >= 4 is 38.8 Å². The Kier molecular flexibility index (Phi) is 3.70. The SMILES string of the molecule is CC1=Cc2c(Br)c3c(cc2=C1C(C)(C)C1C=CC=C1)N(C)C(C)C=3C. The quantitative estimate of drug-likeness (QED) is 0.695. The van der Waals surface area contributed by atoms with Crippen LogP contribution in [0.15, 0.2) is 40.4 Å². The summed E-state index contributed by atoms with van der Waals surface area (Å²) in [6.45, 7) is 11.6. The molecule has 25 heavy (non-hydrogen) atoms. The Morgan fingerprint density at radius 2 is 1.76 bits per heavy atom. The molecule has 1 nitrogen and oxygen atoms in total. The van der Waals surface area contributed by atoms with Gasteiger partial charge in [0.15, 0.2) is 0 Å². The third-order valence-electron chi connectivity index (χ3n) is 6.52.